The molecule has 0 bridgehead atoms. The van der Waals surface area contributed by atoms with Crippen LogP contribution in [0.4, 0.5) is 0 Å². The molecule has 0 N–H and O–H groups in total. The molecule has 24 heavy (non-hydrogen) atoms. The van der Waals surface area contributed by atoms with Gasteiger partial charge in [-0.1, -0.05) is 6.07 Å². The SMILES string of the molecule is COC[C@H]1CN(S(C)(=O)=O)CC12CCN(Cc1cccnc1)CC2. The van der Waals surface area contributed by atoms with E-state index in [0.717, 1.165) is 32.5 Å². The summed E-state index contributed by atoms with van der Waals surface area (Å²) >= 11 is 0. The molecular formula is C17H27N3O3S. The van der Waals surface area contributed by atoms with Crippen LogP contribution in [0, 0.1) is 11.3 Å². The lowest BCUT2D eigenvalue weighted by Crippen LogP contribution is -2.45. The number of aromatic nitrogens is 1. The first kappa shape index (κ1) is 17.8. The molecule has 0 aromatic carbocycles. The van der Waals surface area contributed by atoms with E-state index in [9.17, 15) is 8.42 Å². The highest BCUT2D eigenvalue weighted by atomic mass is 32.2. The fourth-order valence-corrected chi connectivity index (χ4v) is 5.08. The maximum atomic E-state index is 12.0. The number of methoxy groups -OCH3 is 1. The minimum absolute atomic E-state index is 0.0600. The molecule has 6 nitrogen and oxygen atoms in total. The Kier molecular flexibility index (Phi) is 5.24. The third-order valence-corrected chi connectivity index (χ3v) is 6.82. The summed E-state index contributed by atoms with van der Waals surface area (Å²) in [7, 11) is -1.43. The molecule has 3 heterocycles. The average Bonchev–Trinajstić information content (AvgIpc) is 2.90. The van der Waals surface area contributed by atoms with Crippen LogP contribution in [0.15, 0.2) is 24.5 Å². The molecule has 1 aromatic rings. The summed E-state index contributed by atoms with van der Waals surface area (Å²) in [6, 6.07) is 4.07. The van der Waals surface area contributed by atoms with E-state index in [-0.39, 0.29) is 11.3 Å². The van der Waals surface area contributed by atoms with Crippen molar-refractivity contribution >= 4 is 10.0 Å². The van der Waals surface area contributed by atoms with Crippen molar-refractivity contribution in [2.45, 2.75) is 19.4 Å². The van der Waals surface area contributed by atoms with E-state index < -0.39 is 10.0 Å². The molecule has 7 heteroatoms. The van der Waals surface area contributed by atoms with E-state index in [1.54, 1.807) is 17.6 Å². The Morgan fingerprint density at radius 1 is 1.38 bits per heavy atom. The van der Waals surface area contributed by atoms with Gasteiger partial charge < -0.3 is 4.74 Å². The van der Waals surface area contributed by atoms with Crippen molar-refractivity contribution in [3.05, 3.63) is 30.1 Å². The fourth-order valence-electron chi connectivity index (χ4n) is 4.14. The number of hydrogen-bond acceptors (Lipinski definition) is 5. The Morgan fingerprint density at radius 2 is 2.12 bits per heavy atom. The number of ether oxygens (including phenoxy) is 1. The lowest BCUT2D eigenvalue weighted by Gasteiger charge is -2.42. The Labute approximate surface area is 144 Å². The highest BCUT2D eigenvalue weighted by Crippen LogP contribution is 2.45. The monoisotopic (exact) mass is 353 g/mol. The fraction of sp³-hybridized carbons (Fsp3) is 0.706. The average molecular weight is 353 g/mol. The lowest BCUT2D eigenvalue weighted by molar-refractivity contribution is 0.0357. The lowest BCUT2D eigenvalue weighted by atomic mass is 9.71. The highest BCUT2D eigenvalue weighted by Gasteiger charge is 2.49. The molecule has 1 spiro atoms. The maximum Gasteiger partial charge on any atom is 0.211 e. The van der Waals surface area contributed by atoms with Crippen molar-refractivity contribution in [2.24, 2.45) is 11.3 Å². The zero-order chi connectivity index (χ0) is 17.2. The zero-order valence-electron chi connectivity index (χ0n) is 14.5. The molecule has 1 aromatic heterocycles. The second kappa shape index (κ2) is 7.07. The first-order valence-electron chi connectivity index (χ1n) is 8.48. The normalized spacial score (nSPS) is 25.3. The predicted octanol–water partition coefficient (Wildman–Crippen LogP) is 1.20. The van der Waals surface area contributed by atoms with Crippen LogP contribution in [0.25, 0.3) is 0 Å². The van der Waals surface area contributed by atoms with Crippen molar-refractivity contribution in [1.29, 1.82) is 0 Å². The van der Waals surface area contributed by atoms with Crippen molar-refractivity contribution in [3.8, 4) is 0 Å². The summed E-state index contributed by atoms with van der Waals surface area (Å²) in [5.74, 6) is 0.290. The molecule has 0 amide bonds. The van der Waals surface area contributed by atoms with Gasteiger partial charge in [0.25, 0.3) is 0 Å². The number of nitrogens with zero attached hydrogens (tertiary/aromatic N) is 3. The van der Waals surface area contributed by atoms with E-state index in [4.69, 9.17) is 4.74 Å². The van der Waals surface area contributed by atoms with Gasteiger partial charge in [-0.3, -0.25) is 9.88 Å². The van der Waals surface area contributed by atoms with Crippen molar-refractivity contribution in [3.63, 3.8) is 0 Å². The number of hydrogen-bond donors (Lipinski definition) is 0. The molecule has 2 aliphatic rings. The van der Waals surface area contributed by atoms with Crippen LogP contribution in [0.2, 0.25) is 0 Å². The quantitative estimate of drug-likeness (QED) is 0.796. The van der Waals surface area contributed by atoms with Gasteiger partial charge in [-0.05, 0) is 43.0 Å². The van der Waals surface area contributed by atoms with Crippen LogP contribution in [-0.2, 0) is 21.3 Å². The second-order valence-electron chi connectivity index (χ2n) is 7.21. The summed E-state index contributed by atoms with van der Waals surface area (Å²) in [4.78, 5) is 6.62. The van der Waals surface area contributed by atoms with Crippen molar-refractivity contribution in [2.75, 3.05) is 46.2 Å². The van der Waals surface area contributed by atoms with Crippen molar-refractivity contribution < 1.29 is 13.2 Å². The highest BCUT2D eigenvalue weighted by molar-refractivity contribution is 7.88. The van der Waals surface area contributed by atoms with E-state index in [1.807, 2.05) is 12.3 Å². The van der Waals surface area contributed by atoms with Crippen LogP contribution >= 0.6 is 0 Å². The van der Waals surface area contributed by atoms with Gasteiger partial charge in [0.15, 0.2) is 0 Å². The maximum absolute atomic E-state index is 12.0. The molecule has 0 saturated carbocycles. The molecule has 2 fully saturated rings. The van der Waals surface area contributed by atoms with Gasteiger partial charge in [0.2, 0.25) is 10.0 Å². The number of rotatable bonds is 5. The second-order valence-corrected chi connectivity index (χ2v) is 9.19. The van der Waals surface area contributed by atoms with E-state index in [0.29, 0.717) is 19.7 Å². The van der Waals surface area contributed by atoms with Crippen molar-refractivity contribution in [1.82, 2.24) is 14.2 Å². The van der Waals surface area contributed by atoms with Gasteiger partial charge in [0.05, 0.1) is 12.9 Å². The molecule has 0 unspecified atom stereocenters. The molecular weight excluding hydrogens is 326 g/mol. The summed E-state index contributed by atoms with van der Waals surface area (Å²) < 4.78 is 31.0. The van der Waals surface area contributed by atoms with Crippen LogP contribution in [0.3, 0.4) is 0 Å². The van der Waals surface area contributed by atoms with Gasteiger partial charge in [0, 0.05) is 45.1 Å². The van der Waals surface area contributed by atoms with Crippen LogP contribution in [-0.4, -0.2) is 68.8 Å². The van der Waals surface area contributed by atoms with E-state index in [1.165, 1.54) is 11.8 Å². The van der Waals surface area contributed by atoms with Gasteiger partial charge in [-0.15, -0.1) is 0 Å². The first-order valence-corrected chi connectivity index (χ1v) is 10.3. The van der Waals surface area contributed by atoms with E-state index in [2.05, 4.69) is 16.0 Å². The third-order valence-electron chi connectivity index (χ3n) is 5.60. The largest absolute Gasteiger partial charge is 0.384 e. The third kappa shape index (κ3) is 3.79. The minimum atomic E-state index is -3.14. The Bertz CT molecular complexity index is 642. The predicted molar refractivity (Wildman–Crippen MR) is 93.0 cm³/mol. The Hall–Kier alpha value is -1.02. The standard InChI is InChI=1S/C17H27N3O3S/c1-23-13-16-12-20(24(2,21)22)14-17(16)5-8-19(9-6-17)11-15-4-3-7-18-10-15/h3-4,7,10,16H,5-6,8-9,11-14H2,1-2H3/t16-/m1/s1. The summed E-state index contributed by atoms with van der Waals surface area (Å²) in [5, 5.41) is 0. The Balaban J connectivity index is 1.66. The molecule has 2 saturated heterocycles. The number of piperidine rings is 1. The minimum Gasteiger partial charge on any atom is -0.384 e. The van der Waals surface area contributed by atoms with Gasteiger partial charge in [0.1, 0.15) is 0 Å². The molecule has 1 atom stereocenters. The topological polar surface area (TPSA) is 62.7 Å². The van der Waals surface area contributed by atoms with E-state index >= 15 is 0 Å². The zero-order valence-corrected chi connectivity index (χ0v) is 15.3. The molecule has 3 rings (SSSR count). The summed E-state index contributed by atoms with van der Waals surface area (Å²) in [6.07, 6.45) is 7.06. The summed E-state index contributed by atoms with van der Waals surface area (Å²) in [5.41, 5.74) is 1.29. The molecule has 0 aliphatic carbocycles. The van der Waals surface area contributed by atoms with Gasteiger partial charge in [-0.2, -0.15) is 0 Å². The molecule has 134 valence electrons. The smallest absolute Gasteiger partial charge is 0.211 e. The van der Waals surface area contributed by atoms with Crippen LogP contribution in [0.1, 0.15) is 18.4 Å². The summed E-state index contributed by atoms with van der Waals surface area (Å²) in [6.45, 7) is 4.76. The molecule has 2 aliphatic heterocycles. The van der Waals surface area contributed by atoms with Gasteiger partial charge in [-0.25, -0.2) is 12.7 Å². The first-order chi connectivity index (χ1) is 11.4. The Morgan fingerprint density at radius 3 is 2.71 bits per heavy atom. The molecule has 0 radical (unpaired) electrons. The van der Waals surface area contributed by atoms with Gasteiger partial charge >= 0.3 is 0 Å². The number of sulfonamides is 1. The van der Waals surface area contributed by atoms with Crippen LogP contribution < -0.4 is 0 Å². The number of likely N-dealkylation sites (tertiary alicyclic amines) is 1. The van der Waals surface area contributed by atoms with Crippen LogP contribution in [0.5, 0.6) is 0 Å². The number of pyridine rings is 1.